The van der Waals surface area contributed by atoms with Crippen LogP contribution in [-0.2, 0) is 32.6 Å². The number of anilines is 1. The van der Waals surface area contributed by atoms with Crippen LogP contribution in [0, 0.1) is 0 Å². The lowest BCUT2D eigenvalue weighted by molar-refractivity contribution is -0.253. The predicted molar refractivity (Wildman–Crippen MR) is 191 cm³/mol. The monoisotopic (exact) mass is 691 g/mol. The zero-order valence-electron chi connectivity index (χ0n) is 27.7. The van der Waals surface area contributed by atoms with Gasteiger partial charge in [-0.2, -0.15) is 0 Å². The first-order chi connectivity index (χ1) is 24.4. The summed E-state index contributed by atoms with van der Waals surface area (Å²) in [5, 5.41) is 9.58. The highest BCUT2D eigenvalue weighted by molar-refractivity contribution is 7.89. The number of aliphatic hydroxyl groups is 1. The summed E-state index contributed by atoms with van der Waals surface area (Å²) in [5.74, 6) is 0.764. The molecule has 10 nitrogen and oxygen atoms in total. The van der Waals surface area contributed by atoms with Crippen LogP contribution in [0.25, 0.3) is 11.1 Å². The van der Waals surface area contributed by atoms with E-state index in [1.807, 2.05) is 78.9 Å². The van der Waals surface area contributed by atoms with Crippen molar-refractivity contribution in [3.63, 3.8) is 0 Å². The molecular formula is C39H41N5O5S. The number of sulfonamides is 1. The molecule has 0 unspecified atom stereocenters. The molecule has 0 bridgehead atoms. The van der Waals surface area contributed by atoms with Gasteiger partial charge in [-0.25, -0.2) is 23.1 Å². The number of rotatable bonds is 11. The van der Waals surface area contributed by atoms with Crippen molar-refractivity contribution in [1.29, 1.82) is 0 Å². The number of aromatic nitrogens is 2. The lowest BCUT2D eigenvalue weighted by Crippen LogP contribution is -2.50. The Morgan fingerprint density at radius 2 is 1.44 bits per heavy atom. The largest absolute Gasteiger partial charge is 0.392 e. The van der Waals surface area contributed by atoms with Crippen LogP contribution in [0.5, 0.6) is 0 Å². The zero-order chi connectivity index (χ0) is 34.3. The molecule has 3 atom stereocenters. The number of ether oxygens (including phenoxy) is 2. The quantitative estimate of drug-likeness (QED) is 0.186. The molecule has 0 amide bonds. The highest BCUT2D eigenvalue weighted by Gasteiger charge is 2.34. The van der Waals surface area contributed by atoms with Crippen molar-refractivity contribution in [2.45, 2.75) is 43.0 Å². The van der Waals surface area contributed by atoms with E-state index in [1.54, 1.807) is 42.7 Å². The first-order valence-corrected chi connectivity index (χ1v) is 18.4. The fourth-order valence-electron chi connectivity index (χ4n) is 6.54. The minimum atomic E-state index is -3.65. The molecule has 258 valence electrons. The van der Waals surface area contributed by atoms with Gasteiger partial charge in [-0.1, -0.05) is 91.0 Å². The smallest absolute Gasteiger partial charge is 0.240 e. The molecule has 7 rings (SSSR count). The molecule has 11 heteroatoms. The molecule has 2 saturated heterocycles. The van der Waals surface area contributed by atoms with E-state index in [1.165, 1.54) is 0 Å². The fourth-order valence-corrected chi connectivity index (χ4v) is 7.57. The molecule has 5 aromatic rings. The summed E-state index contributed by atoms with van der Waals surface area (Å²) in [6.07, 6.45) is 3.46. The molecule has 2 fully saturated rings. The highest BCUT2D eigenvalue weighted by Crippen LogP contribution is 2.39. The number of hydrogen-bond acceptors (Lipinski definition) is 9. The maximum Gasteiger partial charge on any atom is 0.240 e. The Morgan fingerprint density at radius 1 is 0.760 bits per heavy atom. The van der Waals surface area contributed by atoms with Gasteiger partial charge in [-0.3, -0.25) is 4.90 Å². The average molecular weight is 692 g/mol. The van der Waals surface area contributed by atoms with Crippen LogP contribution in [0.15, 0.2) is 126 Å². The molecule has 0 radical (unpaired) electrons. The first-order valence-electron chi connectivity index (χ1n) is 16.9. The van der Waals surface area contributed by atoms with E-state index >= 15 is 0 Å². The minimum Gasteiger partial charge on any atom is -0.392 e. The van der Waals surface area contributed by atoms with Gasteiger partial charge < -0.3 is 19.5 Å². The molecule has 0 aliphatic carbocycles. The molecule has 2 aliphatic heterocycles. The Bertz CT molecular complexity index is 1940. The lowest BCUT2D eigenvalue weighted by atomic mass is 9.97. The van der Waals surface area contributed by atoms with Crippen molar-refractivity contribution in [2.75, 3.05) is 37.6 Å². The summed E-state index contributed by atoms with van der Waals surface area (Å²) in [6.45, 7) is 4.39. The minimum absolute atomic E-state index is 0.00541. The van der Waals surface area contributed by atoms with Crippen molar-refractivity contribution >= 4 is 16.0 Å². The number of aliphatic hydroxyl groups excluding tert-OH is 1. The highest BCUT2D eigenvalue weighted by atomic mass is 32.2. The number of piperazine rings is 1. The van der Waals surface area contributed by atoms with E-state index < -0.39 is 16.3 Å². The second kappa shape index (κ2) is 15.6. The summed E-state index contributed by atoms with van der Waals surface area (Å²) in [6, 6.07) is 34.1. The van der Waals surface area contributed by atoms with Gasteiger partial charge in [0.05, 0.1) is 23.7 Å². The maximum absolute atomic E-state index is 12.9. The predicted octanol–water partition coefficient (Wildman–Crippen LogP) is 5.48. The topological polar surface area (TPSA) is 117 Å². The van der Waals surface area contributed by atoms with Crippen molar-refractivity contribution in [3.8, 4) is 11.1 Å². The SMILES string of the molecule is O=S(=O)(NCc1ccccc1-c1ccc([C@H]2O[C@@H](CN3CCN(c4ncccn4)CC3)C[C@@H](c3ccc(CO)cc3)O2)cc1)c1ccccc1. The second-order valence-electron chi connectivity index (χ2n) is 12.6. The van der Waals surface area contributed by atoms with Gasteiger partial charge in [-0.05, 0) is 46.0 Å². The third kappa shape index (κ3) is 8.10. The average Bonchev–Trinajstić information content (AvgIpc) is 3.18. The van der Waals surface area contributed by atoms with E-state index in [0.29, 0.717) is 6.42 Å². The summed E-state index contributed by atoms with van der Waals surface area (Å²) >= 11 is 0. The summed E-state index contributed by atoms with van der Waals surface area (Å²) in [5.41, 5.74) is 5.60. The molecule has 50 heavy (non-hydrogen) atoms. The zero-order valence-corrected chi connectivity index (χ0v) is 28.5. The Balaban J connectivity index is 1.06. The fraction of sp³-hybridized carbons (Fsp3) is 0.282. The molecule has 3 heterocycles. The van der Waals surface area contributed by atoms with Crippen molar-refractivity contribution in [3.05, 3.63) is 144 Å². The van der Waals surface area contributed by atoms with Crippen LogP contribution in [0.2, 0.25) is 0 Å². The van der Waals surface area contributed by atoms with Crippen molar-refractivity contribution in [1.82, 2.24) is 19.6 Å². The number of benzene rings is 4. The van der Waals surface area contributed by atoms with Crippen molar-refractivity contribution in [2.24, 2.45) is 0 Å². The Hall–Kier alpha value is -4.49. The Labute approximate surface area is 293 Å². The maximum atomic E-state index is 12.9. The summed E-state index contributed by atoms with van der Waals surface area (Å²) in [7, 11) is -3.65. The van der Waals surface area contributed by atoms with Gasteiger partial charge in [0, 0.05) is 63.6 Å². The van der Waals surface area contributed by atoms with E-state index in [9.17, 15) is 13.5 Å². The van der Waals surface area contributed by atoms with Gasteiger partial charge in [0.2, 0.25) is 16.0 Å². The van der Waals surface area contributed by atoms with Gasteiger partial charge >= 0.3 is 0 Å². The number of nitrogens with one attached hydrogen (secondary N) is 1. The standard InChI is InChI=1S/C39H41N5O5S/c45-28-29-11-13-31(14-12-29)37-25-34(27-43-21-23-44(24-22-43)39-40-19-6-20-41-39)48-38(49-37)32-17-15-30(16-18-32)36-10-5-4-7-33(36)26-42-50(46,47)35-8-2-1-3-9-35/h1-20,34,37-38,42,45H,21-28H2/t34-,37+,38+/m1/s1. The second-order valence-corrected chi connectivity index (χ2v) is 14.4. The third-order valence-electron chi connectivity index (χ3n) is 9.30. The molecule has 0 saturated carbocycles. The molecule has 0 spiro atoms. The van der Waals surface area contributed by atoms with Gasteiger partial charge in [0.1, 0.15) is 0 Å². The van der Waals surface area contributed by atoms with Crippen LogP contribution in [0.3, 0.4) is 0 Å². The Kier molecular flexibility index (Phi) is 10.6. The van der Waals surface area contributed by atoms with E-state index in [4.69, 9.17) is 9.47 Å². The van der Waals surface area contributed by atoms with Crippen LogP contribution in [0.1, 0.15) is 41.1 Å². The summed E-state index contributed by atoms with van der Waals surface area (Å²) < 4.78 is 41.8. The van der Waals surface area contributed by atoms with Crippen molar-refractivity contribution < 1.29 is 23.0 Å². The van der Waals surface area contributed by atoms with E-state index in [-0.39, 0.29) is 30.3 Å². The van der Waals surface area contributed by atoms with Gasteiger partial charge in [0.15, 0.2) is 6.29 Å². The Morgan fingerprint density at radius 3 is 2.16 bits per heavy atom. The lowest BCUT2D eigenvalue weighted by Gasteiger charge is -2.40. The van der Waals surface area contributed by atoms with Gasteiger partial charge in [0.25, 0.3) is 0 Å². The first kappa shape index (κ1) is 34.0. The van der Waals surface area contributed by atoms with E-state index in [0.717, 1.165) is 72.1 Å². The normalized spacial score (nSPS) is 20.1. The van der Waals surface area contributed by atoms with E-state index in [2.05, 4.69) is 24.5 Å². The molecule has 1 aromatic heterocycles. The van der Waals surface area contributed by atoms with Crippen LogP contribution in [0.4, 0.5) is 5.95 Å². The van der Waals surface area contributed by atoms with Gasteiger partial charge in [-0.15, -0.1) is 0 Å². The van der Waals surface area contributed by atoms with Crippen LogP contribution < -0.4 is 9.62 Å². The molecule has 2 N–H and O–H groups in total. The molecule has 4 aromatic carbocycles. The number of nitrogens with zero attached hydrogens (tertiary/aromatic N) is 4. The molecular weight excluding hydrogens is 651 g/mol. The third-order valence-corrected chi connectivity index (χ3v) is 10.7. The molecule has 2 aliphatic rings. The number of hydrogen-bond donors (Lipinski definition) is 2. The van der Waals surface area contributed by atoms with Crippen LogP contribution >= 0.6 is 0 Å². The van der Waals surface area contributed by atoms with Crippen LogP contribution in [-0.4, -0.2) is 67.2 Å². The summed E-state index contributed by atoms with van der Waals surface area (Å²) in [4.78, 5) is 13.7.